The Morgan fingerprint density at radius 3 is 2.34 bits per heavy atom. The number of hydrogen-bond donors (Lipinski definition) is 2. The monoisotopic (exact) mass is 530 g/mol. The van der Waals surface area contributed by atoms with Gasteiger partial charge in [-0.3, -0.25) is 4.79 Å². The molecule has 0 saturated carbocycles. The van der Waals surface area contributed by atoms with Crippen molar-refractivity contribution in [3.05, 3.63) is 102 Å². The molecule has 0 radical (unpaired) electrons. The first kappa shape index (κ1) is 28.3. The van der Waals surface area contributed by atoms with Gasteiger partial charge in [0.15, 0.2) is 5.31 Å². The summed E-state index contributed by atoms with van der Waals surface area (Å²) in [6.07, 6.45) is 2.47. The second-order valence-electron chi connectivity index (χ2n) is 8.42. The van der Waals surface area contributed by atoms with Crippen molar-refractivity contribution in [1.29, 1.82) is 0 Å². The molecule has 0 saturated heterocycles. The van der Waals surface area contributed by atoms with Crippen molar-refractivity contribution in [2.75, 3.05) is 18.2 Å². The Kier molecular flexibility index (Phi) is 9.93. The third kappa shape index (κ3) is 7.38. The number of hydrogen-bond acceptors (Lipinski definition) is 6. The first-order chi connectivity index (χ1) is 18.2. The van der Waals surface area contributed by atoms with Gasteiger partial charge < -0.3 is 20.7 Å². The lowest BCUT2D eigenvalue weighted by molar-refractivity contribution is -0.162. The maximum atomic E-state index is 12.5. The molecule has 9 heteroatoms. The highest BCUT2D eigenvalue weighted by atomic mass is 31.1. The largest absolute Gasteiger partial charge is 0.591 e. The summed E-state index contributed by atoms with van der Waals surface area (Å²) in [5.41, 5.74) is 11.6. The van der Waals surface area contributed by atoms with E-state index in [0.29, 0.717) is 28.0 Å². The van der Waals surface area contributed by atoms with Gasteiger partial charge in [0.05, 0.1) is 29.9 Å². The van der Waals surface area contributed by atoms with Crippen molar-refractivity contribution >= 4 is 25.3 Å². The van der Waals surface area contributed by atoms with Gasteiger partial charge in [-0.15, -0.1) is 0 Å². The Morgan fingerprint density at radius 1 is 1.11 bits per heavy atom. The van der Waals surface area contributed by atoms with Crippen LogP contribution in [0.2, 0.25) is 0 Å². The maximum Gasteiger partial charge on any atom is 0.343 e. The Bertz CT molecular complexity index is 1430. The Hall–Kier alpha value is -4.26. The molecule has 4 aromatic rings. The number of anilines is 2. The molecule has 1 heterocycles. The fourth-order valence-corrected chi connectivity index (χ4v) is 3.97. The molecule has 1 amide bonds. The Labute approximate surface area is 223 Å². The minimum Gasteiger partial charge on any atom is -0.591 e. The lowest BCUT2D eigenvalue weighted by Gasteiger charge is -2.13. The highest BCUT2D eigenvalue weighted by molar-refractivity contribution is 7.41. The van der Waals surface area contributed by atoms with Crippen LogP contribution in [0.15, 0.2) is 90.3 Å². The molecule has 0 aliphatic heterocycles. The number of nitrogens with zero attached hydrogens (tertiary/aromatic N) is 2. The van der Waals surface area contributed by atoms with Crippen LogP contribution >= 0.6 is 8.03 Å². The maximum absolute atomic E-state index is 12.5. The van der Waals surface area contributed by atoms with E-state index in [9.17, 15) is 14.3 Å². The summed E-state index contributed by atoms with van der Waals surface area (Å²) >= 11 is 0. The number of benzene rings is 3. The van der Waals surface area contributed by atoms with Gasteiger partial charge in [0.25, 0.3) is 5.91 Å². The number of amides is 1. The van der Waals surface area contributed by atoms with Crippen LogP contribution in [0.3, 0.4) is 0 Å². The zero-order valence-electron chi connectivity index (χ0n) is 21.8. The number of carbonyl (C=O) groups excluding carboxylic acids is 1. The minimum atomic E-state index is -2.31. The topological polar surface area (TPSA) is 122 Å². The number of allylic oxidation sites excluding steroid dienone is 2. The second-order valence-corrected chi connectivity index (χ2v) is 9.64. The molecule has 0 bridgehead atoms. The molecule has 0 spiro atoms. The van der Waals surface area contributed by atoms with E-state index < -0.39 is 8.03 Å². The van der Waals surface area contributed by atoms with Crippen molar-refractivity contribution in [1.82, 2.24) is 9.78 Å². The van der Waals surface area contributed by atoms with Crippen LogP contribution in [0.1, 0.15) is 36.3 Å². The van der Waals surface area contributed by atoms with E-state index in [-0.39, 0.29) is 5.91 Å². The van der Waals surface area contributed by atoms with Gasteiger partial charge in [0, 0.05) is 23.7 Å². The van der Waals surface area contributed by atoms with E-state index in [1.54, 1.807) is 50.4 Å². The average Bonchev–Trinajstić information content (AvgIpc) is 3.31. The number of ether oxygens (including phenoxy) is 1. The molecule has 3 aromatic carbocycles. The van der Waals surface area contributed by atoms with Crippen LogP contribution in [0.5, 0.6) is 5.75 Å². The number of nitrogen functional groups attached to an aromatic ring is 1. The van der Waals surface area contributed by atoms with E-state index in [1.807, 2.05) is 67.1 Å². The molecule has 0 aliphatic rings. The predicted octanol–water partition coefficient (Wildman–Crippen LogP) is 6.09. The highest BCUT2D eigenvalue weighted by Crippen LogP contribution is 2.28. The summed E-state index contributed by atoms with van der Waals surface area (Å²) in [6.45, 7) is 5.44. The van der Waals surface area contributed by atoms with Crippen molar-refractivity contribution in [3.63, 3.8) is 0 Å². The van der Waals surface area contributed by atoms with Crippen LogP contribution in [-0.4, -0.2) is 22.8 Å². The van der Waals surface area contributed by atoms with Gasteiger partial charge >= 0.3 is 8.03 Å². The molecular formula is C29H31N4O4P. The molecular weight excluding hydrogens is 499 g/mol. The fourth-order valence-electron chi connectivity index (χ4n) is 3.64. The van der Waals surface area contributed by atoms with Crippen molar-refractivity contribution in [2.24, 2.45) is 0 Å². The summed E-state index contributed by atoms with van der Waals surface area (Å²) in [7, 11) is -0.719. The van der Waals surface area contributed by atoms with E-state index in [1.165, 1.54) is 0 Å². The molecule has 1 unspecified atom stereocenters. The van der Waals surface area contributed by atoms with Crippen LogP contribution < -0.4 is 20.7 Å². The van der Waals surface area contributed by atoms with Crippen molar-refractivity contribution in [3.8, 4) is 22.7 Å². The fraction of sp³-hybridized carbons (Fsp3) is 0.172. The number of rotatable bonds is 7. The van der Waals surface area contributed by atoms with Crippen LogP contribution in [0.4, 0.5) is 11.4 Å². The SMILES string of the molecule is CC/C=C(\C)[P+](=O)[O-].COc1ccc(C(=O)Nc2ccc(-n3nc(C)cc3-c3ccccc3)c(N)c2)cc1. The molecule has 1 atom stereocenters. The molecule has 8 nitrogen and oxygen atoms in total. The van der Waals surface area contributed by atoms with Gasteiger partial charge in [-0.05, 0) is 68.0 Å². The third-order valence-electron chi connectivity index (χ3n) is 5.55. The molecule has 3 N–H and O–H groups in total. The summed E-state index contributed by atoms with van der Waals surface area (Å²) < 4.78 is 17.0. The van der Waals surface area contributed by atoms with Gasteiger partial charge in [-0.25, -0.2) is 4.68 Å². The highest BCUT2D eigenvalue weighted by Gasteiger charge is 2.13. The van der Waals surface area contributed by atoms with E-state index in [4.69, 9.17) is 10.5 Å². The smallest absolute Gasteiger partial charge is 0.343 e. The number of methoxy groups -OCH3 is 1. The summed E-state index contributed by atoms with van der Waals surface area (Å²) in [4.78, 5) is 22.6. The predicted molar refractivity (Wildman–Crippen MR) is 151 cm³/mol. The number of nitrogens with two attached hydrogens (primary N) is 1. The van der Waals surface area contributed by atoms with Crippen LogP contribution in [-0.2, 0) is 4.57 Å². The standard InChI is InChI=1S/C24H22N4O2.C5H9O2P/c1-16-14-23(17-6-4-3-5-7-17)28(27-16)22-13-10-19(15-21(22)25)26-24(29)18-8-11-20(30-2)12-9-18;1-3-4-5(2)8(6)7/h3-15H,25H2,1-2H3,(H,26,29);4H,3H2,1-2H3/b;5-4+. The van der Waals surface area contributed by atoms with E-state index in [0.717, 1.165) is 29.1 Å². The zero-order chi connectivity index (χ0) is 27.7. The van der Waals surface area contributed by atoms with Crippen LogP contribution in [0.25, 0.3) is 16.9 Å². The average molecular weight is 531 g/mol. The number of aryl methyl sites for hydroxylation is 1. The van der Waals surface area contributed by atoms with Crippen molar-refractivity contribution in [2.45, 2.75) is 27.2 Å². The van der Waals surface area contributed by atoms with E-state index in [2.05, 4.69) is 10.4 Å². The zero-order valence-corrected chi connectivity index (χ0v) is 22.7. The van der Waals surface area contributed by atoms with Gasteiger partial charge in [0.2, 0.25) is 0 Å². The van der Waals surface area contributed by atoms with E-state index >= 15 is 0 Å². The quantitative estimate of drug-likeness (QED) is 0.220. The van der Waals surface area contributed by atoms with Crippen LogP contribution in [0, 0.1) is 6.92 Å². The minimum absolute atomic E-state index is 0.218. The number of nitrogens with one attached hydrogen (secondary N) is 1. The number of aromatic nitrogens is 2. The summed E-state index contributed by atoms with van der Waals surface area (Å²) in [5.74, 6) is 0.480. The number of carbonyl (C=O) groups is 1. The lowest BCUT2D eigenvalue weighted by atomic mass is 10.1. The van der Waals surface area contributed by atoms with Gasteiger partial charge in [0.1, 0.15) is 5.75 Å². The summed E-state index contributed by atoms with van der Waals surface area (Å²) in [6, 6.07) is 24.4. The van der Waals surface area contributed by atoms with Gasteiger partial charge in [-0.1, -0.05) is 41.8 Å². The van der Waals surface area contributed by atoms with Crippen molar-refractivity contribution < 1.29 is 19.0 Å². The summed E-state index contributed by atoms with van der Waals surface area (Å²) in [5, 5.41) is 7.95. The van der Waals surface area contributed by atoms with Gasteiger partial charge in [-0.2, -0.15) is 5.10 Å². The molecule has 0 fully saturated rings. The molecule has 196 valence electrons. The third-order valence-corrected chi connectivity index (χ3v) is 6.31. The Morgan fingerprint density at radius 2 is 1.79 bits per heavy atom. The second kappa shape index (κ2) is 13.3. The first-order valence-corrected chi connectivity index (χ1v) is 13.2. The normalized spacial score (nSPS) is 11.3. The molecule has 4 rings (SSSR count). The first-order valence-electron chi connectivity index (χ1n) is 12.0. The molecule has 38 heavy (non-hydrogen) atoms. The Balaban J connectivity index is 0.000000436. The lowest BCUT2D eigenvalue weighted by Crippen LogP contribution is -2.12. The molecule has 1 aromatic heterocycles. The molecule has 0 aliphatic carbocycles.